The summed E-state index contributed by atoms with van der Waals surface area (Å²) in [5.74, 6) is -0.0806. The van der Waals surface area contributed by atoms with Gasteiger partial charge >= 0.3 is 0 Å². The van der Waals surface area contributed by atoms with E-state index in [9.17, 15) is 4.39 Å². The molecule has 1 aromatic rings. The van der Waals surface area contributed by atoms with Crippen LogP contribution in [0.25, 0.3) is 0 Å². The summed E-state index contributed by atoms with van der Waals surface area (Å²) in [5.41, 5.74) is 0.575. The van der Waals surface area contributed by atoms with Crippen LogP contribution in [0.3, 0.4) is 0 Å². The monoisotopic (exact) mass is 267 g/mol. The second-order valence-electron chi connectivity index (χ2n) is 4.60. The number of nitrogens with one attached hydrogen (secondary N) is 1. The van der Waals surface area contributed by atoms with Gasteiger partial charge in [-0.25, -0.2) is 9.37 Å². The Hall–Kier alpha value is -1.46. The minimum Gasteiger partial charge on any atom is -0.395 e. The molecule has 19 heavy (non-hydrogen) atoms. The first-order valence-electron chi connectivity index (χ1n) is 6.43. The maximum Gasteiger partial charge on any atom is 0.170 e. The summed E-state index contributed by atoms with van der Waals surface area (Å²) in [7, 11) is 0. The highest BCUT2D eigenvalue weighted by Gasteiger charge is 2.15. The van der Waals surface area contributed by atoms with Gasteiger partial charge in [-0.05, 0) is 6.07 Å². The lowest BCUT2D eigenvalue weighted by Gasteiger charge is -2.22. The number of hydrogen-bond acceptors (Lipinski definition) is 4. The lowest BCUT2D eigenvalue weighted by Crippen LogP contribution is -2.29. The molecule has 4 nitrogen and oxygen atoms in total. The molecule has 0 aromatic carbocycles. The highest BCUT2D eigenvalue weighted by Crippen LogP contribution is 2.19. The highest BCUT2D eigenvalue weighted by atomic mass is 19.1. The van der Waals surface area contributed by atoms with Crippen LogP contribution >= 0.6 is 0 Å². The predicted octanol–water partition coefficient (Wildman–Crippen LogP) is 1.70. The van der Waals surface area contributed by atoms with Crippen LogP contribution in [0.5, 0.6) is 0 Å². The van der Waals surface area contributed by atoms with Crippen LogP contribution in [0, 0.1) is 5.82 Å². The third-order valence-electron chi connectivity index (χ3n) is 2.67. The topological polar surface area (TPSA) is 48.4 Å². The zero-order chi connectivity index (χ0) is 14.3. The van der Waals surface area contributed by atoms with E-state index >= 15 is 0 Å². The largest absolute Gasteiger partial charge is 0.395 e. The number of aliphatic hydroxyl groups is 1. The number of nitrogens with zero attached hydrogens (tertiary/aromatic N) is 2. The number of rotatable bonds is 8. The van der Waals surface area contributed by atoms with E-state index in [1.165, 1.54) is 0 Å². The van der Waals surface area contributed by atoms with Crippen molar-refractivity contribution >= 4 is 5.82 Å². The maximum absolute atomic E-state index is 14.4. The van der Waals surface area contributed by atoms with Crippen LogP contribution in [0.2, 0.25) is 0 Å². The molecule has 2 N–H and O–H groups in total. The van der Waals surface area contributed by atoms with Gasteiger partial charge in [0.25, 0.3) is 0 Å². The van der Waals surface area contributed by atoms with Crippen molar-refractivity contribution in [2.75, 3.05) is 24.6 Å². The van der Waals surface area contributed by atoms with E-state index in [1.54, 1.807) is 23.2 Å². The van der Waals surface area contributed by atoms with Crippen LogP contribution in [0.1, 0.15) is 19.4 Å². The molecule has 5 heteroatoms. The van der Waals surface area contributed by atoms with Crippen molar-refractivity contribution in [1.82, 2.24) is 10.3 Å². The number of halogens is 1. The van der Waals surface area contributed by atoms with Crippen LogP contribution < -0.4 is 10.2 Å². The van der Waals surface area contributed by atoms with Crippen molar-refractivity contribution in [1.29, 1.82) is 0 Å². The average molecular weight is 267 g/mol. The molecule has 106 valence electrons. The van der Waals surface area contributed by atoms with Gasteiger partial charge in [-0.2, -0.15) is 0 Å². The predicted molar refractivity (Wildman–Crippen MR) is 75.7 cm³/mol. The fourth-order valence-corrected chi connectivity index (χ4v) is 1.70. The Kier molecular flexibility index (Phi) is 6.45. The molecule has 0 radical (unpaired) electrons. The fourth-order valence-electron chi connectivity index (χ4n) is 1.70. The van der Waals surface area contributed by atoms with Gasteiger partial charge in [0, 0.05) is 37.4 Å². The second kappa shape index (κ2) is 7.86. The summed E-state index contributed by atoms with van der Waals surface area (Å²) in [5, 5.41) is 12.2. The molecule has 0 aliphatic rings. The van der Waals surface area contributed by atoms with Crippen molar-refractivity contribution in [2.24, 2.45) is 0 Å². The Labute approximate surface area is 114 Å². The molecule has 1 aromatic heterocycles. The Balaban J connectivity index is 2.93. The quantitative estimate of drug-likeness (QED) is 0.704. The third-order valence-corrected chi connectivity index (χ3v) is 2.67. The van der Waals surface area contributed by atoms with Gasteiger partial charge in [-0.1, -0.05) is 19.9 Å². The average Bonchev–Trinajstić information content (AvgIpc) is 2.37. The zero-order valence-electron chi connectivity index (χ0n) is 11.6. The van der Waals surface area contributed by atoms with Gasteiger partial charge in [-0.15, -0.1) is 6.58 Å². The smallest absolute Gasteiger partial charge is 0.170 e. The standard InChI is InChI=1S/C14H22FN3O/c1-4-7-18(8-9-19)14-13(15)12(5-6-16-14)10-17-11(2)3/h4-6,11,17,19H,1,7-10H2,2-3H3. The van der Waals surface area contributed by atoms with Gasteiger partial charge < -0.3 is 15.3 Å². The number of aliphatic hydroxyl groups excluding tert-OH is 1. The summed E-state index contributed by atoms with van der Waals surface area (Å²) >= 11 is 0. The molecule has 0 amide bonds. The summed E-state index contributed by atoms with van der Waals surface area (Å²) in [6, 6.07) is 1.96. The van der Waals surface area contributed by atoms with Crippen molar-refractivity contribution in [3.05, 3.63) is 36.3 Å². The van der Waals surface area contributed by atoms with Gasteiger partial charge in [0.05, 0.1) is 6.61 Å². The first kappa shape index (κ1) is 15.6. The second-order valence-corrected chi connectivity index (χ2v) is 4.60. The van der Waals surface area contributed by atoms with E-state index in [1.807, 2.05) is 13.8 Å². The summed E-state index contributed by atoms with van der Waals surface area (Å²) in [6.07, 6.45) is 3.25. The molecular weight excluding hydrogens is 245 g/mol. The SMILES string of the molecule is C=CCN(CCO)c1nccc(CNC(C)C)c1F. The Bertz CT molecular complexity index is 410. The van der Waals surface area contributed by atoms with E-state index in [0.717, 1.165) is 0 Å². The van der Waals surface area contributed by atoms with Gasteiger partial charge in [0.1, 0.15) is 0 Å². The van der Waals surface area contributed by atoms with Crippen molar-refractivity contribution in [3.63, 3.8) is 0 Å². The molecule has 0 saturated heterocycles. The van der Waals surface area contributed by atoms with Gasteiger partial charge in [0.2, 0.25) is 0 Å². The number of pyridine rings is 1. The molecule has 1 heterocycles. The van der Waals surface area contributed by atoms with Crippen molar-refractivity contribution in [2.45, 2.75) is 26.4 Å². The molecule has 0 saturated carbocycles. The van der Waals surface area contributed by atoms with Crippen LogP contribution in [-0.2, 0) is 6.54 Å². The molecular formula is C14H22FN3O. The van der Waals surface area contributed by atoms with Crippen molar-refractivity contribution in [3.8, 4) is 0 Å². The molecule has 0 aliphatic heterocycles. The van der Waals surface area contributed by atoms with Crippen LogP contribution in [0.15, 0.2) is 24.9 Å². The van der Waals surface area contributed by atoms with E-state index < -0.39 is 0 Å². The highest BCUT2D eigenvalue weighted by molar-refractivity contribution is 5.43. The number of aromatic nitrogens is 1. The van der Waals surface area contributed by atoms with Crippen LogP contribution in [-0.4, -0.2) is 35.8 Å². The molecule has 0 spiro atoms. The normalized spacial score (nSPS) is 10.8. The molecule has 0 fully saturated rings. The molecule has 0 atom stereocenters. The minimum absolute atomic E-state index is 0.0522. The number of anilines is 1. The third kappa shape index (κ3) is 4.61. The number of hydrogen-bond donors (Lipinski definition) is 2. The van der Waals surface area contributed by atoms with E-state index in [-0.39, 0.29) is 24.3 Å². The maximum atomic E-state index is 14.4. The molecule has 1 rings (SSSR count). The van der Waals surface area contributed by atoms with Crippen LogP contribution in [0.4, 0.5) is 10.2 Å². The molecule has 0 unspecified atom stereocenters. The molecule has 0 aliphatic carbocycles. The summed E-state index contributed by atoms with van der Waals surface area (Å²) < 4.78 is 14.4. The van der Waals surface area contributed by atoms with Gasteiger partial charge in [-0.3, -0.25) is 0 Å². The Morgan fingerprint density at radius 3 is 2.89 bits per heavy atom. The summed E-state index contributed by atoms with van der Waals surface area (Å²) in [6.45, 7) is 8.84. The molecule has 0 bridgehead atoms. The van der Waals surface area contributed by atoms with E-state index in [2.05, 4.69) is 16.9 Å². The summed E-state index contributed by atoms with van der Waals surface area (Å²) in [4.78, 5) is 5.74. The fraction of sp³-hybridized carbons (Fsp3) is 0.500. The minimum atomic E-state index is -0.342. The Morgan fingerprint density at radius 1 is 1.58 bits per heavy atom. The Morgan fingerprint density at radius 2 is 2.32 bits per heavy atom. The van der Waals surface area contributed by atoms with Crippen molar-refractivity contribution < 1.29 is 9.50 Å². The zero-order valence-corrected chi connectivity index (χ0v) is 11.6. The lowest BCUT2D eigenvalue weighted by molar-refractivity contribution is 0.302. The first-order valence-corrected chi connectivity index (χ1v) is 6.43. The lowest BCUT2D eigenvalue weighted by atomic mass is 10.2. The van der Waals surface area contributed by atoms with E-state index in [0.29, 0.717) is 25.2 Å². The van der Waals surface area contributed by atoms with Gasteiger partial charge in [0.15, 0.2) is 11.6 Å². The van der Waals surface area contributed by atoms with E-state index in [4.69, 9.17) is 5.11 Å². The first-order chi connectivity index (χ1) is 9.10.